The van der Waals surface area contributed by atoms with Gasteiger partial charge in [-0.3, -0.25) is 4.79 Å². The smallest absolute Gasteiger partial charge is 0.282 e. The zero-order valence-corrected chi connectivity index (χ0v) is 17.7. The lowest BCUT2D eigenvalue weighted by molar-refractivity contribution is -0.291. The van der Waals surface area contributed by atoms with Crippen LogP contribution in [-0.4, -0.2) is 59.8 Å². The average molecular weight is 402 g/mol. The Bertz CT molecular complexity index is 813. The molecule has 7 heteroatoms. The second-order valence-electron chi connectivity index (χ2n) is 8.29. The van der Waals surface area contributed by atoms with E-state index >= 15 is 0 Å². The number of carbonyl (C=O) groups excluding carboxylic acids is 1. The van der Waals surface area contributed by atoms with Crippen LogP contribution in [0.3, 0.4) is 0 Å². The Balaban J connectivity index is 1.78. The lowest BCUT2D eigenvalue weighted by atomic mass is 9.85. The molecular formula is C22H30N2O5. The second kappa shape index (κ2) is 7.72. The highest BCUT2D eigenvalue weighted by molar-refractivity contribution is 6.23. The minimum atomic E-state index is -0.892. The Morgan fingerprint density at radius 3 is 2.38 bits per heavy atom. The molecule has 1 atom stereocenters. The van der Waals surface area contributed by atoms with Crippen molar-refractivity contribution in [3.63, 3.8) is 0 Å². The van der Waals surface area contributed by atoms with Gasteiger partial charge >= 0.3 is 0 Å². The normalized spacial score (nSPS) is 24.9. The standard InChI is InChI=1S/C22H30N2O5/c1-14-12-15(2)18(16(3)13-14)19-20(25)22(7-9-23(27-4)10-8-22)24(21(19)26)29-17-6-5-11-28-17/h12-13,17,25H,5-11H2,1-4H3. The fraction of sp³-hybridized carbons (Fsp3) is 0.591. The first-order valence-corrected chi connectivity index (χ1v) is 10.3. The number of aliphatic hydroxyl groups excluding tert-OH is 1. The first-order chi connectivity index (χ1) is 13.9. The van der Waals surface area contributed by atoms with Gasteiger partial charge in [0, 0.05) is 19.5 Å². The summed E-state index contributed by atoms with van der Waals surface area (Å²) in [4.78, 5) is 25.0. The number of hydrogen-bond acceptors (Lipinski definition) is 6. The summed E-state index contributed by atoms with van der Waals surface area (Å²) in [6, 6.07) is 4.08. The van der Waals surface area contributed by atoms with E-state index in [2.05, 4.69) is 0 Å². The van der Waals surface area contributed by atoms with E-state index in [-0.39, 0.29) is 11.7 Å². The molecule has 1 aromatic rings. The quantitative estimate of drug-likeness (QED) is 0.834. The molecule has 2 saturated heterocycles. The molecule has 0 aromatic heterocycles. The minimum Gasteiger partial charge on any atom is -0.509 e. The molecule has 1 aromatic carbocycles. The van der Waals surface area contributed by atoms with Crippen molar-refractivity contribution >= 4 is 11.5 Å². The number of ether oxygens (including phenoxy) is 1. The number of amides is 1. The Labute approximate surface area is 171 Å². The maximum atomic E-state index is 13.6. The van der Waals surface area contributed by atoms with Gasteiger partial charge in [0.25, 0.3) is 5.91 Å². The number of hydrogen-bond donors (Lipinski definition) is 1. The van der Waals surface area contributed by atoms with Crippen LogP contribution >= 0.6 is 0 Å². The van der Waals surface area contributed by atoms with Crippen molar-refractivity contribution in [2.24, 2.45) is 0 Å². The Kier molecular flexibility index (Phi) is 5.42. The Morgan fingerprint density at radius 2 is 1.83 bits per heavy atom. The van der Waals surface area contributed by atoms with E-state index in [1.165, 1.54) is 5.06 Å². The third kappa shape index (κ3) is 3.36. The molecule has 3 aliphatic rings. The van der Waals surface area contributed by atoms with Crippen LogP contribution in [0.4, 0.5) is 0 Å². The molecule has 0 aliphatic carbocycles. The maximum absolute atomic E-state index is 13.6. The van der Waals surface area contributed by atoms with Gasteiger partial charge in [-0.15, -0.1) is 0 Å². The van der Waals surface area contributed by atoms with Gasteiger partial charge in [0.15, 0.2) is 6.29 Å². The number of aliphatic hydroxyl groups is 1. The summed E-state index contributed by atoms with van der Waals surface area (Å²) in [6.07, 6.45) is 2.24. The highest BCUT2D eigenvalue weighted by Gasteiger charge is 2.56. The largest absolute Gasteiger partial charge is 0.509 e. The van der Waals surface area contributed by atoms with E-state index in [0.29, 0.717) is 38.1 Å². The van der Waals surface area contributed by atoms with E-state index in [1.54, 1.807) is 7.11 Å². The number of nitrogens with zero attached hydrogens (tertiary/aromatic N) is 2. The molecule has 1 unspecified atom stereocenters. The summed E-state index contributed by atoms with van der Waals surface area (Å²) in [5.41, 5.74) is 3.33. The molecular weight excluding hydrogens is 372 g/mol. The van der Waals surface area contributed by atoms with Crippen LogP contribution in [0.5, 0.6) is 0 Å². The predicted octanol–water partition coefficient (Wildman–Crippen LogP) is 3.19. The van der Waals surface area contributed by atoms with Gasteiger partial charge in [-0.2, -0.15) is 5.06 Å². The van der Waals surface area contributed by atoms with Crippen LogP contribution in [0.15, 0.2) is 17.9 Å². The number of rotatable bonds is 4. The van der Waals surface area contributed by atoms with Crippen LogP contribution in [0, 0.1) is 20.8 Å². The third-order valence-corrected chi connectivity index (χ3v) is 6.31. The fourth-order valence-electron chi connectivity index (χ4n) is 4.90. The van der Waals surface area contributed by atoms with Crippen LogP contribution < -0.4 is 0 Å². The van der Waals surface area contributed by atoms with Crippen molar-refractivity contribution in [1.29, 1.82) is 0 Å². The highest BCUT2D eigenvalue weighted by atomic mass is 16.8. The summed E-state index contributed by atoms with van der Waals surface area (Å²) >= 11 is 0. The zero-order chi connectivity index (χ0) is 20.8. The molecule has 2 fully saturated rings. The van der Waals surface area contributed by atoms with Crippen LogP contribution in [0.25, 0.3) is 5.57 Å². The van der Waals surface area contributed by atoms with Crippen molar-refractivity contribution in [2.45, 2.75) is 58.3 Å². The molecule has 29 heavy (non-hydrogen) atoms. The summed E-state index contributed by atoms with van der Waals surface area (Å²) in [6.45, 7) is 7.80. The van der Waals surface area contributed by atoms with Crippen LogP contribution in [0.2, 0.25) is 0 Å². The van der Waals surface area contributed by atoms with E-state index in [4.69, 9.17) is 14.4 Å². The Hall–Kier alpha value is -1.93. The molecule has 3 aliphatic heterocycles. The van der Waals surface area contributed by atoms with Gasteiger partial charge in [-0.25, -0.2) is 9.90 Å². The molecule has 1 amide bonds. The third-order valence-electron chi connectivity index (χ3n) is 6.31. The maximum Gasteiger partial charge on any atom is 0.282 e. The minimum absolute atomic E-state index is 0.103. The van der Waals surface area contributed by atoms with Crippen molar-refractivity contribution in [1.82, 2.24) is 10.1 Å². The topological polar surface area (TPSA) is 71.5 Å². The first-order valence-electron chi connectivity index (χ1n) is 10.3. The van der Waals surface area contributed by atoms with Crippen LogP contribution in [0.1, 0.15) is 47.9 Å². The van der Waals surface area contributed by atoms with Gasteiger partial charge in [-0.1, -0.05) is 17.7 Å². The predicted molar refractivity (Wildman–Crippen MR) is 108 cm³/mol. The Morgan fingerprint density at radius 1 is 1.17 bits per heavy atom. The van der Waals surface area contributed by atoms with Gasteiger partial charge in [0.05, 0.1) is 19.3 Å². The molecule has 0 bridgehead atoms. The first kappa shape index (κ1) is 20.3. The van der Waals surface area contributed by atoms with E-state index in [0.717, 1.165) is 35.1 Å². The summed E-state index contributed by atoms with van der Waals surface area (Å²) < 4.78 is 5.63. The number of benzene rings is 1. The number of carbonyl (C=O) groups is 1. The fourth-order valence-corrected chi connectivity index (χ4v) is 4.90. The molecule has 1 N–H and O–H groups in total. The SMILES string of the molecule is CON1CCC2(CC1)C(O)=C(c1c(C)cc(C)cc1C)C(=O)N2OC1CCCO1. The number of aryl methyl sites for hydroxylation is 3. The molecule has 1 spiro atoms. The molecule has 3 heterocycles. The lowest BCUT2D eigenvalue weighted by Crippen LogP contribution is -2.55. The summed E-state index contributed by atoms with van der Waals surface area (Å²) in [7, 11) is 1.64. The molecule has 7 nitrogen and oxygen atoms in total. The van der Waals surface area contributed by atoms with E-state index in [9.17, 15) is 9.90 Å². The van der Waals surface area contributed by atoms with Crippen molar-refractivity contribution < 1.29 is 24.3 Å². The van der Waals surface area contributed by atoms with Gasteiger partial charge in [-0.05, 0) is 56.7 Å². The van der Waals surface area contributed by atoms with Gasteiger partial charge < -0.3 is 14.7 Å². The highest BCUT2D eigenvalue weighted by Crippen LogP contribution is 2.47. The molecule has 158 valence electrons. The summed E-state index contributed by atoms with van der Waals surface area (Å²) in [5.74, 6) is -0.190. The second-order valence-corrected chi connectivity index (χ2v) is 8.29. The summed E-state index contributed by atoms with van der Waals surface area (Å²) in [5, 5.41) is 14.7. The molecule has 4 rings (SSSR count). The van der Waals surface area contributed by atoms with Crippen molar-refractivity contribution in [2.75, 3.05) is 26.8 Å². The van der Waals surface area contributed by atoms with Crippen molar-refractivity contribution in [3.05, 3.63) is 40.1 Å². The van der Waals surface area contributed by atoms with E-state index < -0.39 is 11.8 Å². The number of hydroxylamine groups is 4. The number of piperidine rings is 1. The average Bonchev–Trinajstić information content (AvgIpc) is 3.26. The van der Waals surface area contributed by atoms with Gasteiger partial charge in [0.2, 0.25) is 0 Å². The lowest BCUT2D eigenvalue weighted by Gasteiger charge is -2.43. The molecule has 0 radical (unpaired) electrons. The van der Waals surface area contributed by atoms with Crippen molar-refractivity contribution in [3.8, 4) is 0 Å². The van der Waals surface area contributed by atoms with Crippen LogP contribution in [-0.2, 0) is 19.2 Å². The van der Waals surface area contributed by atoms with Gasteiger partial charge in [0.1, 0.15) is 11.3 Å². The molecule has 0 saturated carbocycles. The zero-order valence-electron chi connectivity index (χ0n) is 17.7. The monoisotopic (exact) mass is 402 g/mol. The van der Waals surface area contributed by atoms with E-state index in [1.807, 2.05) is 38.0 Å².